The summed E-state index contributed by atoms with van der Waals surface area (Å²) >= 11 is 0. The van der Waals surface area contributed by atoms with Gasteiger partial charge in [0.25, 0.3) is 5.56 Å². The van der Waals surface area contributed by atoms with E-state index in [1.165, 1.54) is 10.9 Å². The van der Waals surface area contributed by atoms with Crippen molar-refractivity contribution in [1.29, 1.82) is 0 Å². The first kappa shape index (κ1) is 20.4. The van der Waals surface area contributed by atoms with Crippen LogP contribution in [-0.2, 0) is 19.4 Å². The van der Waals surface area contributed by atoms with Crippen molar-refractivity contribution in [2.45, 2.75) is 26.3 Å². The lowest BCUT2D eigenvalue weighted by atomic mass is 10.0. The zero-order valence-corrected chi connectivity index (χ0v) is 18.0. The molecule has 0 spiro atoms. The molecule has 0 atom stereocenters. The van der Waals surface area contributed by atoms with E-state index in [0.29, 0.717) is 5.65 Å². The number of methoxy groups -OCH3 is 1. The fourth-order valence-electron chi connectivity index (χ4n) is 4.38. The molecule has 4 aromatic rings. The number of aryl methyl sites for hydroxylation is 1. The summed E-state index contributed by atoms with van der Waals surface area (Å²) in [5.41, 5.74) is 4.75. The number of halogens is 1. The van der Waals surface area contributed by atoms with E-state index in [1.807, 2.05) is 25.1 Å². The van der Waals surface area contributed by atoms with Crippen molar-refractivity contribution in [3.8, 4) is 5.75 Å². The van der Waals surface area contributed by atoms with Gasteiger partial charge in [0.1, 0.15) is 5.75 Å². The number of benzene rings is 2. The Labute approximate surface area is 180 Å². The number of nitrogens with one attached hydrogen (secondary N) is 1. The average Bonchev–Trinajstić information content (AvgIpc) is 2.99. The van der Waals surface area contributed by atoms with Crippen molar-refractivity contribution in [2.24, 2.45) is 0 Å². The van der Waals surface area contributed by atoms with E-state index in [0.717, 1.165) is 60.6 Å². The molecular weight excluding hydrogens is 400 g/mol. The molecule has 30 heavy (non-hydrogen) atoms. The van der Waals surface area contributed by atoms with E-state index in [1.54, 1.807) is 11.6 Å². The minimum atomic E-state index is 0. The molecule has 1 aliphatic heterocycles. The smallest absolute Gasteiger partial charge is 0.276 e. The topological polar surface area (TPSA) is 62.6 Å². The second-order valence-corrected chi connectivity index (χ2v) is 7.72. The number of aromatic nitrogens is 3. The van der Waals surface area contributed by atoms with Gasteiger partial charge in [-0.15, -0.1) is 12.4 Å². The normalized spacial score (nSPS) is 14.3. The zero-order chi connectivity index (χ0) is 20.0. The highest BCUT2D eigenvalue weighted by Crippen LogP contribution is 2.29. The van der Waals surface area contributed by atoms with Gasteiger partial charge >= 0.3 is 0 Å². The van der Waals surface area contributed by atoms with Crippen molar-refractivity contribution in [1.82, 2.24) is 19.5 Å². The Balaban J connectivity index is 0.00000218. The monoisotopic (exact) mass is 424 g/mol. The number of hydrogen-bond acceptors (Lipinski definition) is 4. The number of nitrogens with zero attached hydrogens (tertiary/aromatic N) is 3. The molecule has 1 aliphatic rings. The third-order valence-electron chi connectivity index (χ3n) is 5.85. The van der Waals surface area contributed by atoms with E-state index >= 15 is 0 Å². The first-order valence-corrected chi connectivity index (χ1v) is 10.0. The fourth-order valence-corrected chi connectivity index (χ4v) is 4.38. The van der Waals surface area contributed by atoms with Gasteiger partial charge in [0.15, 0.2) is 5.65 Å². The molecule has 0 unspecified atom stereocenters. The van der Waals surface area contributed by atoms with E-state index in [9.17, 15) is 4.79 Å². The summed E-state index contributed by atoms with van der Waals surface area (Å²) in [4.78, 5) is 20.1. The van der Waals surface area contributed by atoms with E-state index < -0.39 is 0 Å². The molecule has 7 heteroatoms. The maximum Gasteiger partial charge on any atom is 0.276 e. The van der Waals surface area contributed by atoms with Crippen LogP contribution in [0.2, 0.25) is 0 Å². The SMILES string of the molecule is COc1ccc(CN2CCc3nc4cc(C)[nH]n4c(=O)c3CC2)c2ccccc12.Cl. The van der Waals surface area contributed by atoms with Crippen molar-refractivity contribution < 1.29 is 4.74 Å². The summed E-state index contributed by atoms with van der Waals surface area (Å²) in [6.45, 7) is 4.52. The molecule has 156 valence electrons. The Morgan fingerprint density at radius 3 is 2.67 bits per heavy atom. The van der Waals surface area contributed by atoms with Gasteiger partial charge in [0.2, 0.25) is 0 Å². The number of H-pyrrole nitrogens is 1. The molecule has 0 bridgehead atoms. The number of fused-ring (bicyclic) bond motifs is 3. The van der Waals surface area contributed by atoms with Crippen LogP contribution in [0.15, 0.2) is 47.3 Å². The maximum absolute atomic E-state index is 12.9. The predicted octanol–water partition coefficient (Wildman–Crippen LogP) is 3.52. The van der Waals surface area contributed by atoms with Gasteiger partial charge < -0.3 is 4.74 Å². The molecule has 1 N–H and O–H groups in total. The van der Waals surface area contributed by atoms with E-state index in [4.69, 9.17) is 9.72 Å². The van der Waals surface area contributed by atoms with Crippen LogP contribution in [0.4, 0.5) is 0 Å². The highest BCUT2D eigenvalue weighted by atomic mass is 35.5. The molecule has 0 saturated carbocycles. The van der Waals surface area contributed by atoms with E-state index in [2.05, 4.69) is 34.3 Å². The van der Waals surface area contributed by atoms with Crippen LogP contribution in [0.25, 0.3) is 16.4 Å². The lowest BCUT2D eigenvalue weighted by Gasteiger charge is -2.21. The largest absolute Gasteiger partial charge is 0.496 e. The highest BCUT2D eigenvalue weighted by Gasteiger charge is 2.20. The van der Waals surface area contributed by atoms with Crippen molar-refractivity contribution >= 4 is 28.8 Å². The van der Waals surface area contributed by atoms with Crippen LogP contribution < -0.4 is 10.3 Å². The molecule has 3 heterocycles. The summed E-state index contributed by atoms with van der Waals surface area (Å²) in [7, 11) is 1.71. The molecule has 6 nitrogen and oxygen atoms in total. The van der Waals surface area contributed by atoms with Crippen LogP contribution in [0.3, 0.4) is 0 Å². The van der Waals surface area contributed by atoms with Crippen molar-refractivity contribution in [3.05, 3.63) is 75.3 Å². The first-order valence-electron chi connectivity index (χ1n) is 10.0. The Bertz CT molecular complexity index is 1280. The standard InChI is InChI=1S/C23H24N4O2.ClH/c1-15-13-22-24-20-10-12-26(11-9-19(20)23(28)27(22)25-15)14-16-7-8-21(29-2)18-6-4-3-5-17(16)18;/h3-8,13,25H,9-12,14H2,1-2H3;1H. The molecule has 2 aromatic carbocycles. The Kier molecular flexibility index (Phi) is 5.54. The second kappa shape index (κ2) is 8.13. The molecule has 0 fully saturated rings. The Morgan fingerprint density at radius 2 is 1.87 bits per heavy atom. The summed E-state index contributed by atoms with van der Waals surface area (Å²) < 4.78 is 7.09. The molecule has 0 amide bonds. The van der Waals surface area contributed by atoms with Gasteiger partial charge in [-0.2, -0.15) is 0 Å². The fraction of sp³-hybridized carbons (Fsp3) is 0.304. The molecule has 0 aliphatic carbocycles. The molecular formula is C23H25ClN4O2. The number of ether oxygens (including phenoxy) is 1. The van der Waals surface area contributed by atoms with Crippen molar-refractivity contribution in [3.63, 3.8) is 0 Å². The minimum absolute atomic E-state index is 0. The predicted molar refractivity (Wildman–Crippen MR) is 121 cm³/mol. The quantitative estimate of drug-likeness (QED) is 0.546. The second-order valence-electron chi connectivity index (χ2n) is 7.72. The van der Waals surface area contributed by atoms with Gasteiger partial charge in [-0.1, -0.05) is 30.3 Å². The Hall–Kier alpha value is -2.83. The van der Waals surface area contributed by atoms with Crippen LogP contribution >= 0.6 is 12.4 Å². The third kappa shape index (κ3) is 3.46. The average molecular weight is 425 g/mol. The van der Waals surface area contributed by atoms with Crippen LogP contribution in [0, 0.1) is 6.92 Å². The van der Waals surface area contributed by atoms with Gasteiger partial charge in [0, 0.05) is 48.8 Å². The Morgan fingerprint density at radius 1 is 1.10 bits per heavy atom. The van der Waals surface area contributed by atoms with Crippen LogP contribution in [-0.4, -0.2) is 39.7 Å². The number of rotatable bonds is 3. The lowest BCUT2D eigenvalue weighted by molar-refractivity contribution is 0.279. The zero-order valence-electron chi connectivity index (χ0n) is 17.1. The van der Waals surface area contributed by atoms with Crippen molar-refractivity contribution in [2.75, 3.05) is 20.2 Å². The van der Waals surface area contributed by atoms with Gasteiger partial charge in [0.05, 0.1) is 12.8 Å². The van der Waals surface area contributed by atoms with Gasteiger partial charge in [-0.3, -0.25) is 14.8 Å². The van der Waals surface area contributed by atoms with Gasteiger partial charge in [-0.25, -0.2) is 9.50 Å². The maximum atomic E-state index is 12.9. The summed E-state index contributed by atoms with van der Waals surface area (Å²) in [5.74, 6) is 0.898. The number of hydrogen-bond donors (Lipinski definition) is 1. The summed E-state index contributed by atoms with van der Waals surface area (Å²) in [6, 6.07) is 14.5. The first-order chi connectivity index (χ1) is 14.1. The van der Waals surface area contributed by atoms with E-state index in [-0.39, 0.29) is 18.0 Å². The summed E-state index contributed by atoms with van der Waals surface area (Å²) in [5, 5.41) is 5.45. The van der Waals surface area contributed by atoms with Gasteiger partial charge in [-0.05, 0) is 30.4 Å². The molecule has 0 radical (unpaired) electrons. The van der Waals surface area contributed by atoms with Crippen LogP contribution in [0.1, 0.15) is 22.5 Å². The minimum Gasteiger partial charge on any atom is -0.496 e. The van der Waals surface area contributed by atoms with Crippen LogP contribution in [0.5, 0.6) is 5.75 Å². The molecule has 0 saturated heterocycles. The highest BCUT2D eigenvalue weighted by molar-refractivity contribution is 5.91. The molecule has 2 aromatic heterocycles. The molecule has 5 rings (SSSR count). The summed E-state index contributed by atoms with van der Waals surface area (Å²) in [6.07, 6.45) is 1.51. The number of aromatic amines is 1. The third-order valence-corrected chi connectivity index (χ3v) is 5.85. The lowest BCUT2D eigenvalue weighted by Crippen LogP contribution is -2.26.